The maximum Gasteiger partial charge on any atom is 0.162 e. The monoisotopic (exact) mass is 678 g/mol. The summed E-state index contributed by atoms with van der Waals surface area (Å²) >= 11 is 0. The van der Waals surface area contributed by atoms with Crippen molar-refractivity contribution in [2.75, 3.05) is 0 Å². The zero-order valence-electron chi connectivity index (χ0n) is 23.5. The number of aliphatic hydroxyl groups excluding tert-OH is 1. The number of ketones is 1. The summed E-state index contributed by atoms with van der Waals surface area (Å²) in [4.78, 5) is 16.4. The fourth-order valence-electron chi connectivity index (χ4n) is 5.11. The van der Waals surface area contributed by atoms with Gasteiger partial charge in [0.05, 0.1) is 5.76 Å². The first-order valence-electron chi connectivity index (χ1n) is 13.3. The van der Waals surface area contributed by atoms with Crippen molar-refractivity contribution >= 4 is 33.1 Å². The average Bonchev–Trinajstić information content (AvgIpc) is 3.10. The minimum Gasteiger partial charge on any atom is -0.512 e. The van der Waals surface area contributed by atoms with Crippen LogP contribution in [0.5, 0.6) is 0 Å². The Morgan fingerprint density at radius 3 is 2.24 bits per heavy atom. The van der Waals surface area contributed by atoms with E-state index in [1.54, 1.807) is 0 Å². The van der Waals surface area contributed by atoms with Crippen LogP contribution in [-0.2, 0) is 24.9 Å². The third-order valence-corrected chi connectivity index (χ3v) is 7.69. The van der Waals surface area contributed by atoms with E-state index in [1.165, 1.54) is 44.9 Å². The van der Waals surface area contributed by atoms with E-state index in [0.29, 0.717) is 0 Å². The number of rotatable bonds is 7. The zero-order chi connectivity index (χ0) is 26.6. The Labute approximate surface area is 235 Å². The summed E-state index contributed by atoms with van der Waals surface area (Å²) in [5, 5.41) is 12.1. The Morgan fingerprint density at radius 1 is 1.03 bits per heavy atom. The van der Waals surface area contributed by atoms with E-state index in [2.05, 4.69) is 50.3 Å². The smallest absolute Gasteiger partial charge is 0.162 e. The number of aliphatic hydroxyl groups is 1. The Bertz CT molecular complexity index is 1410. The van der Waals surface area contributed by atoms with Crippen molar-refractivity contribution < 1.29 is 30.0 Å². The van der Waals surface area contributed by atoms with Crippen LogP contribution in [0.1, 0.15) is 75.8 Å². The Balaban J connectivity index is 0.000000271. The number of pyridine rings is 2. The van der Waals surface area contributed by atoms with Gasteiger partial charge in [0.15, 0.2) is 5.78 Å². The average molecular weight is 678 g/mol. The third kappa shape index (κ3) is 6.16. The molecule has 4 rings (SSSR count). The molecule has 0 unspecified atom stereocenters. The van der Waals surface area contributed by atoms with Gasteiger partial charge in [-0.3, -0.25) is 4.79 Å². The maximum absolute atomic E-state index is 11.7. The SMILES string of the molecule is CCC(CC)C(=O)/C=C(\O)C(CC)CC.Cc1cnc2c3[c-]cccc3n3c(C)c(C)c(C)c3c2c1.[Ir]. The molecule has 1 radical (unpaired) electrons. The molecule has 1 N–H and O–H groups in total. The molecular weight excluding hydrogens is 637 g/mol. The van der Waals surface area contributed by atoms with E-state index in [-0.39, 0.29) is 43.5 Å². The number of hydrogen-bond donors (Lipinski definition) is 1. The molecule has 3 heterocycles. The number of nitrogens with zero attached hydrogens (tertiary/aromatic N) is 2. The quantitative estimate of drug-likeness (QED) is 0.0924. The number of aryl methyl sites for hydroxylation is 3. The molecule has 0 saturated carbocycles. The summed E-state index contributed by atoms with van der Waals surface area (Å²) in [5.41, 5.74) is 8.70. The first kappa shape index (κ1) is 30.7. The molecule has 37 heavy (non-hydrogen) atoms. The number of hydrogen-bond acceptors (Lipinski definition) is 3. The van der Waals surface area contributed by atoms with Gasteiger partial charge in [0.2, 0.25) is 0 Å². The van der Waals surface area contributed by atoms with Crippen molar-refractivity contribution in [2.45, 2.75) is 81.1 Å². The molecular formula is C32H41IrN2O2-. The topological polar surface area (TPSA) is 54.6 Å². The van der Waals surface area contributed by atoms with Crippen LogP contribution in [0.15, 0.2) is 42.3 Å². The number of fused-ring (bicyclic) bond motifs is 6. The molecule has 0 saturated heterocycles. The summed E-state index contributed by atoms with van der Waals surface area (Å²) in [5.74, 6) is 0.547. The molecule has 0 aliphatic rings. The van der Waals surface area contributed by atoms with Crippen molar-refractivity contribution in [3.63, 3.8) is 0 Å². The number of carbonyl (C=O) groups is 1. The fourth-order valence-corrected chi connectivity index (χ4v) is 5.11. The summed E-state index contributed by atoms with van der Waals surface area (Å²) in [6, 6.07) is 11.8. The fraction of sp³-hybridized carbons (Fsp3) is 0.438. The van der Waals surface area contributed by atoms with Crippen LogP contribution in [0.3, 0.4) is 0 Å². The van der Waals surface area contributed by atoms with Crippen LogP contribution < -0.4 is 0 Å². The Morgan fingerprint density at radius 2 is 1.65 bits per heavy atom. The van der Waals surface area contributed by atoms with Gasteiger partial charge < -0.3 is 14.5 Å². The maximum atomic E-state index is 11.7. The van der Waals surface area contributed by atoms with Crippen LogP contribution in [0.25, 0.3) is 27.3 Å². The van der Waals surface area contributed by atoms with Crippen molar-refractivity contribution in [1.29, 1.82) is 0 Å². The van der Waals surface area contributed by atoms with Gasteiger partial charge in [0.1, 0.15) is 0 Å². The molecule has 4 aromatic rings. The van der Waals surface area contributed by atoms with Crippen LogP contribution in [0, 0.1) is 45.6 Å². The Kier molecular flexibility index (Phi) is 11.1. The van der Waals surface area contributed by atoms with Gasteiger partial charge in [-0.2, -0.15) is 0 Å². The molecule has 0 fully saturated rings. The minimum absolute atomic E-state index is 0. The normalized spacial score (nSPS) is 11.8. The predicted molar refractivity (Wildman–Crippen MR) is 152 cm³/mol. The Hall–Kier alpha value is -2.49. The molecule has 0 aliphatic heterocycles. The number of aromatic nitrogens is 2. The largest absolute Gasteiger partial charge is 0.512 e. The summed E-state index contributed by atoms with van der Waals surface area (Å²) in [7, 11) is 0. The van der Waals surface area contributed by atoms with Gasteiger partial charge in [0, 0.05) is 55.4 Å². The van der Waals surface area contributed by atoms with E-state index in [1.807, 2.05) is 46.0 Å². The molecule has 0 atom stereocenters. The number of allylic oxidation sites excluding steroid dienone is 2. The van der Waals surface area contributed by atoms with Crippen LogP contribution in [-0.4, -0.2) is 20.3 Å². The molecule has 3 aromatic heterocycles. The zero-order valence-corrected chi connectivity index (χ0v) is 25.9. The van der Waals surface area contributed by atoms with Crippen LogP contribution in [0.2, 0.25) is 0 Å². The van der Waals surface area contributed by atoms with Crippen molar-refractivity contribution in [2.24, 2.45) is 11.8 Å². The molecule has 0 amide bonds. The van der Waals surface area contributed by atoms with E-state index in [4.69, 9.17) is 4.98 Å². The minimum atomic E-state index is 0. The molecule has 0 spiro atoms. The van der Waals surface area contributed by atoms with Crippen LogP contribution >= 0.6 is 0 Å². The molecule has 0 aliphatic carbocycles. The van der Waals surface area contributed by atoms with Gasteiger partial charge in [-0.15, -0.1) is 29.7 Å². The van der Waals surface area contributed by atoms with Gasteiger partial charge >= 0.3 is 0 Å². The van der Waals surface area contributed by atoms with Crippen molar-refractivity contribution in [1.82, 2.24) is 9.38 Å². The van der Waals surface area contributed by atoms with Gasteiger partial charge in [-0.25, -0.2) is 0 Å². The van der Waals surface area contributed by atoms with Crippen molar-refractivity contribution in [3.05, 3.63) is 70.7 Å². The van der Waals surface area contributed by atoms with Gasteiger partial charge in [-0.05, 0) is 86.5 Å². The second-order valence-electron chi connectivity index (χ2n) is 9.86. The number of benzene rings is 1. The van der Waals surface area contributed by atoms with Gasteiger partial charge in [0.25, 0.3) is 0 Å². The summed E-state index contributed by atoms with van der Waals surface area (Å²) < 4.78 is 2.36. The second kappa shape index (κ2) is 13.3. The standard InChI is InChI=1S/C19H17N2.C13H24O2.Ir/c1-11-9-16-18(20-10-11)15-7-5-6-8-17(15)21-14(4)12(2)13(3)19(16)21;1-5-10(6-2)12(14)9-13(15)11(7-3)8-4;/h5-6,8-10H,1-4H3;9-11,14H,5-8H2,1-4H3;/q-1;;/b;12-9-;. The third-order valence-electron chi connectivity index (χ3n) is 7.69. The second-order valence-corrected chi connectivity index (χ2v) is 9.86. The first-order valence-corrected chi connectivity index (χ1v) is 13.3. The molecule has 0 bridgehead atoms. The first-order chi connectivity index (χ1) is 17.2. The van der Waals surface area contributed by atoms with E-state index in [9.17, 15) is 9.90 Å². The summed E-state index contributed by atoms with van der Waals surface area (Å²) in [6.07, 6.45) is 6.85. The number of carbonyl (C=O) groups excluding carboxylic acids is 1. The molecule has 4 nitrogen and oxygen atoms in total. The van der Waals surface area contributed by atoms with E-state index >= 15 is 0 Å². The van der Waals surface area contributed by atoms with Crippen LogP contribution in [0.4, 0.5) is 0 Å². The molecule has 5 heteroatoms. The molecule has 201 valence electrons. The summed E-state index contributed by atoms with van der Waals surface area (Å²) in [6.45, 7) is 16.8. The predicted octanol–water partition coefficient (Wildman–Crippen LogP) is 8.54. The van der Waals surface area contributed by atoms with E-state index < -0.39 is 0 Å². The van der Waals surface area contributed by atoms with Crippen molar-refractivity contribution in [3.8, 4) is 0 Å². The van der Waals surface area contributed by atoms with E-state index in [0.717, 1.165) is 36.6 Å². The van der Waals surface area contributed by atoms with Gasteiger partial charge in [-0.1, -0.05) is 33.8 Å². The molecule has 1 aromatic carbocycles.